The van der Waals surface area contributed by atoms with Crippen LogP contribution in [0.15, 0.2) is 47.3 Å². The highest BCUT2D eigenvalue weighted by molar-refractivity contribution is 5.97. The Balaban J connectivity index is 1.78. The van der Waals surface area contributed by atoms with E-state index in [-0.39, 0.29) is 11.3 Å². The summed E-state index contributed by atoms with van der Waals surface area (Å²) in [5, 5.41) is 0. The molecule has 1 aromatic heterocycles. The van der Waals surface area contributed by atoms with Crippen molar-refractivity contribution >= 4 is 5.78 Å². The van der Waals surface area contributed by atoms with E-state index in [0.29, 0.717) is 13.0 Å². The molecule has 0 spiro atoms. The number of carbonyl (C=O) groups excluding carboxylic acids is 1. The van der Waals surface area contributed by atoms with E-state index in [1.807, 2.05) is 18.2 Å². The molecule has 0 atom stereocenters. The Morgan fingerprint density at radius 3 is 2.57 bits per heavy atom. The van der Waals surface area contributed by atoms with Gasteiger partial charge in [0, 0.05) is 30.3 Å². The van der Waals surface area contributed by atoms with Crippen molar-refractivity contribution in [1.82, 2.24) is 4.57 Å². The summed E-state index contributed by atoms with van der Waals surface area (Å²) in [6.45, 7) is 0.685. The Kier molecular flexibility index (Phi) is 4.00. The molecule has 0 aliphatic heterocycles. The predicted molar refractivity (Wildman–Crippen MR) is 82.7 cm³/mol. The van der Waals surface area contributed by atoms with Gasteiger partial charge in [-0.15, -0.1) is 0 Å². The summed E-state index contributed by atoms with van der Waals surface area (Å²) in [4.78, 5) is 24.0. The van der Waals surface area contributed by atoms with Gasteiger partial charge in [0.15, 0.2) is 5.78 Å². The van der Waals surface area contributed by atoms with Gasteiger partial charge in [-0.3, -0.25) is 9.59 Å². The van der Waals surface area contributed by atoms with Crippen LogP contribution in [0.4, 0.5) is 0 Å². The second-order valence-electron chi connectivity index (χ2n) is 5.55. The van der Waals surface area contributed by atoms with Crippen LogP contribution in [0.5, 0.6) is 0 Å². The third-order valence-electron chi connectivity index (χ3n) is 4.10. The van der Waals surface area contributed by atoms with Crippen molar-refractivity contribution in [2.75, 3.05) is 0 Å². The summed E-state index contributed by atoms with van der Waals surface area (Å²) < 4.78 is 1.80. The highest BCUT2D eigenvalue weighted by Gasteiger charge is 2.20. The highest BCUT2D eigenvalue weighted by Crippen LogP contribution is 2.20. The maximum atomic E-state index is 12.1. The number of carbonyl (C=O) groups is 1. The lowest BCUT2D eigenvalue weighted by atomic mass is 9.94. The van der Waals surface area contributed by atoms with Crippen LogP contribution in [0.25, 0.3) is 0 Å². The molecule has 1 aromatic carbocycles. The van der Waals surface area contributed by atoms with E-state index in [1.165, 1.54) is 11.6 Å². The van der Waals surface area contributed by atoms with Crippen molar-refractivity contribution in [2.24, 2.45) is 0 Å². The highest BCUT2D eigenvalue weighted by atomic mass is 16.1. The van der Waals surface area contributed by atoms with Gasteiger partial charge in [0.1, 0.15) is 0 Å². The summed E-state index contributed by atoms with van der Waals surface area (Å²) in [5.41, 5.74) is 2.98. The number of rotatable bonds is 4. The molecule has 108 valence electrons. The van der Waals surface area contributed by atoms with Crippen molar-refractivity contribution in [1.29, 1.82) is 0 Å². The van der Waals surface area contributed by atoms with Crippen LogP contribution in [-0.4, -0.2) is 10.4 Å². The molecule has 1 aliphatic rings. The fourth-order valence-electron chi connectivity index (χ4n) is 3.02. The van der Waals surface area contributed by atoms with E-state index in [9.17, 15) is 9.59 Å². The average molecular weight is 281 g/mol. The largest absolute Gasteiger partial charge is 0.312 e. The van der Waals surface area contributed by atoms with E-state index < -0.39 is 0 Å². The van der Waals surface area contributed by atoms with E-state index in [1.54, 1.807) is 10.6 Å². The molecule has 0 saturated carbocycles. The van der Waals surface area contributed by atoms with Crippen molar-refractivity contribution in [2.45, 2.75) is 38.6 Å². The first-order valence-electron chi connectivity index (χ1n) is 7.55. The van der Waals surface area contributed by atoms with Gasteiger partial charge in [0.25, 0.3) is 5.56 Å². The summed E-state index contributed by atoms with van der Waals surface area (Å²) in [5.74, 6) is 0.174. The van der Waals surface area contributed by atoms with Gasteiger partial charge < -0.3 is 4.57 Å². The molecule has 3 rings (SSSR count). The number of hydrogen-bond acceptors (Lipinski definition) is 2. The van der Waals surface area contributed by atoms with Gasteiger partial charge in [-0.05, 0) is 37.3 Å². The Bertz CT molecular complexity index is 701. The third kappa shape index (κ3) is 2.97. The first-order valence-corrected chi connectivity index (χ1v) is 7.55. The lowest BCUT2D eigenvalue weighted by Gasteiger charge is -2.19. The minimum atomic E-state index is 0.0107. The first-order chi connectivity index (χ1) is 10.3. The molecule has 21 heavy (non-hydrogen) atoms. The van der Waals surface area contributed by atoms with E-state index in [0.717, 1.165) is 36.9 Å². The lowest BCUT2D eigenvalue weighted by Crippen LogP contribution is -2.28. The number of pyridine rings is 1. The molecule has 3 nitrogen and oxygen atoms in total. The molecule has 0 saturated heterocycles. The molecule has 0 bridgehead atoms. The van der Waals surface area contributed by atoms with Crippen LogP contribution in [0, 0.1) is 0 Å². The molecule has 0 N–H and O–H groups in total. The molecule has 0 unspecified atom stereocenters. The number of hydrogen-bond donors (Lipinski definition) is 0. The topological polar surface area (TPSA) is 39.1 Å². The van der Waals surface area contributed by atoms with Gasteiger partial charge in [0.2, 0.25) is 0 Å². The molecule has 1 aliphatic carbocycles. The van der Waals surface area contributed by atoms with Crippen LogP contribution in [-0.2, 0) is 19.4 Å². The molecule has 0 radical (unpaired) electrons. The number of aryl methyl sites for hydroxylation is 1. The molecular weight excluding hydrogens is 262 g/mol. The number of ketones is 1. The maximum Gasteiger partial charge on any atom is 0.250 e. The van der Waals surface area contributed by atoms with Gasteiger partial charge in [-0.2, -0.15) is 0 Å². The van der Waals surface area contributed by atoms with Crippen molar-refractivity contribution in [3.63, 3.8) is 0 Å². The first kappa shape index (κ1) is 13.8. The average Bonchev–Trinajstić information content (AvgIpc) is 2.51. The zero-order chi connectivity index (χ0) is 14.7. The number of benzene rings is 1. The molecule has 1 heterocycles. The molecule has 3 heteroatoms. The summed E-state index contributed by atoms with van der Waals surface area (Å²) in [6.07, 6.45) is 4.16. The third-order valence-corrected chi connectivity index (χ3v) is 4.10. The molecule has 2 aromatic rings. The zero-order valence-electron chi connectivity index (χ0n) is 12.0. The monoisotopic (exact) mass is 281 g/mol. The predicted octanol–water partition coefficient (Wildman–Crippen LogP) is 3.00. The number of aromatic nitrogens is 1. The Morgan fingerprint density at radius 1 is 0.952 bits per heavy atom. The van der Waals surface area contributed by atoms with Crippen LogP contribution < -0.4 is 5.56 Å². The van der Waals surface area contributed by atoms with Crippen molar-refractivity contribution in [3.05, 3.63) is 69.6 Å². The van der Waals surface area contributed by atoms with Gasteiger partial charge in [0.05, 0.1) is 0 Å². The fourth-order valence-corrected chi connectivity index (χ4v) is 3.02. The van der Waals surface area contributed by atoms with Gasteiger partial charge in [-0.1, -0.05) is 30.3 Å². The van der Waals surface area contributed by atoms with E-state index >= 15 is 0 Å². The SMILES string of the molecule is O=C1CCCc2c1ccc(=O)n2CCCc1ccccc1. The molecule has 0 amide bonds. The smallest absolute Gasteiger partial charge is 0.250 e. The summed E-state index contributed by atoms with van der Waals surface area (Å²) in [6, 6.07) is 13.5. The number of Topliss-reactive ketones (excluding diaryl/α,β-unsaturated/α-hetero) is 1. The fraction of sp³-hybridized carbons (Fsp3) is 0.333. The lowest BCUT2D eigenvalue weighted by molar-refractivity contribution is 0.0970. The van der Waals surface area contributed by atoms with Gasteiger partial charge >= 0.3 is 0 Å². The van der Waals surface area contributed by atoms with Crippen molar-refractivity contribution in [3.8, 4) is 0 Å². The van der Waals surface area contributed by atoms with Crippen LogP contribution >= 0.6 is 0 Å². The minimum absolute atomic E-state index is 0.0107. The summed E-state index contributed by atoms with van der Waals surface area (Å²) >= 11 is 0. The normalized spacial score (nSPS) is 14.0. The number of nitrogens with zero attached hydrogens (tertiary/aromatic N) is 1. The van der Waals surface area contributed by atoms with Crippen LogP contribution in [0.1, 0.15) is 40.9 Å². The maximum absolute atomic E-state index is 12.1. The minimum Gasteiger partial charge on any atom is -0.312 e. The Morgan fingerprint density at radius 2 is 1.76 bits per heavy atom. The quantitative estimate of drug-likeness (QED) is 0.864. The van der Waals surface area contributed by atoms with Crippen LogP contribution in [0.3, 0.4) is 0 Å². The number of fused-ring (bicyclic) bond motifs is 1. The van der Waals surface area contributed by atoms with Gasteiger partial charge in [-0.25, -0.2) is 0 Å². The van der Waals surface area contributed by atoms with E-state index in [2.05, 4.69) is 12.1 Å². The van der Waals surface area contributed by atoms with E-state index in [4.69, 9.17) is 0 Å². The Labute approximate surface area is 124 Å². The standard InChI is InChI=1S/C18H19NO2/c20-17-10-4-9-16-15(17)11-12-18(21)19(16)13-5-8-14-6-2-1-3-7-14/h1-3,6-7,11-12H,4-5,8-10,13H2. The molecular formula is C18H19NO2. The second kappa shape index (κ2) is 6.08. The van der Waals surface area contributed by atoms with Crippen molar-refractivity contribution < 1.29 is 4.79 Å². The Hall–Kier alpha value is -2.16. The van der Waals surface area contributed by atoms with Crippen LogP contribution in [0.2, 0.25) is 0 Å². The molecule has 0 fully saturated rings. The second-order valence-corrected chi connectivity index (χ2v) is 5.55. The zero-order valence-corrected chi connectivity index (χ0v) is 12.0. The summed E-state index contributed by atoms with van der Waals surface area (Å²) in [7, 11) is 0.